The van der Waals surface area contributed by atoms with Gasteiger partial charge >= 0.3 is 0 Å². The Morgan fingerprint density at radius 3 is 2.00 bits per heavy atom. The van der Waals surface area contributed by atoms with E-state index in [9.17, 15) is 0 Å². The van der Waals surface area contributed by atoms with Crippen LogP contribution < -0.4 is 0 Å². The van der Waals surface area contributed by atoms with E-state index in [4.69, 9.17) is 4.74 Å². The van der Waals surface area contributed by atoms with Crippen molar-refractivity contribution in [2.75, 3.05) is 6.61 Å². The SMILES string of the molecule is C=CCCOCc1ccc([C@H]2CC[C@H](CC[C@H]3CC[C@H](C=C)CC3)CC2)cc1. The molecule has 28 heavy (non-hydrogen) atoms. The Morgan fingerprint density at radius 1 is 0.821 bits per heavy atom. The number of benzene rings is 1. The molecule has 1 heteroatoms. The second kappa shape index (κ2) is 11.6. The van der Waals surface area contributed by atoms with Gasteiger partial charge in [-0.3, -0.25) is 0 Å². The number of allylic oxidation sites excluding steroid dienone is 1. The monoisotopic (exact) mass is 380 g/mol. The van der Waals surface area contributed by atoms with E-state index >= 15 is 0 Å². The fraction of sp³-hybridized carbons (Fsp3) is 0.630. The van der Waals surface area contributed by atoms with Crippen LogP contribution in [0.25, 0.3) is 0 Å². The van der Waals surface area contributed by atoms with Crippen LogP contribution in [0.2, 0.25) is 0 Å². The van der Waals surface area contributed by atoms with Crippen LogP contribution >= 0.6 is 0 Å². The second-order valence-electron chi connectivity index (χ2n) is 9.18. The largest absolute Gasteiger partial charge is 0.376 e. The van der Waals surface area contributed by atoms with Crippen LogP contribution in [0, 0.1) is 17.8 Å². The van der Waals surface area contributed by atoms with Crippen LogP contribution in [0.3, 0.4) is 0 Å². The Hall–Kier alpha value is -1.34. The molecule has 3 rings (SSSR count). The summed E-state index contributed by atoms with van der Waals surface area (Å²) in [5.41, 5.74) is 2.82. The van der Waals surface area contributed by atoms with Gasteiger partial charge in [-0.2, -0.15) is 0 Å². The first-order valence-electron chi connectivity index (χ1n) is 11.7. The van der Waals surface area contributed by atoms with Crippen LogP contribution in [0.1, 0.15) is 87.7 Å². The van der Waals surface area contributed by atoms with Crippen molar-refractivity contribution in [2.24, 2.45) is 17.8 Å². The third-order valence-corrected chi connectivity index (χ3v) is 7.24. The van der Waals surface area contributed by atoms with E-state index in [1.54, 1.807) is 0 Å². The normalized spacial score (nSPS) is 28.0. The van der Waals surface area contributed by atoms with Gasteiger partial charge in [-0.05, 0) is 92.6 Å². The molecule has 1 aromatic carbocycles. The van der Waals surface area contributed by atoms with Gasteiger partial charge in [0, 0.05) is 0 Å². The van der Waals surface area contributed by atoms with Crippen molar-refractivity contribution in [3.05, 3.63) is 60.7 Å². The molecule has 2 aliphatic carbocycles. The summed E-state index contributed by atoms with van der Waals surface area (Å²) >= 11 is 0. The van der Waals surface area contributed by atoms with Crippen molar-refractivity contribution in [2.45, 2.75) is 83.2 Å². The Bertz CT molecular complexity index is 571. The van der Waals surface area contributed by atoms with Gasteiger partial charge in [0.25, 0.3) is 0 Å². The summed E-state index contributed by atoms with van der Waals surface area (Å²) in [5.74, 6) is 3.55. The molecule has 0 saturated heterocycles. The van der Waals surface area contributed by atoms with Crippen LogP contribution in [0.5, 0.6) is 0 Å². The van der Waals surface area contributed by atoms with Gasteiger partial charge < -0.3 is 4.74 Å². The van der Waals surface area contributed by atoms with Gasteiger partial charge in [-0.25, -0.2) is 0 Å². The zero-order valence-electron chi connectivity index (χ0n) is 17.8. The van der Waals surface area contributed by atoms with Crippen molar-refractivity contribution in [3.8, 4) is 0 Å². The predicted molar refractivity (Wildman–Crippen MR) is 120 cm³/mol. The zero-order chi connectivity index (χ0) is 19.6. The second-order valence-corrected chi connectivity index (χ2v) is 9.18. The first-order chi connectivity index (χ1) is 13.8. The minimum Gasteiger partial charge on any atom is -0.376 e. The maximum Gasteiger partial charge on any atom is 0.0717 e. The molecule has 0 amide bonds. The van der Waals surface area contributed by atoms with Crippen molar-refractivity contribution in [3.63, 3.8) is 0 Å². The lowest BCUT2D eigenvalue weighted by atomic mass is 9.74. The molecule has 1 nitrogen and oxygen atoms in total. The lowest BCUT2D eigenvalue weighted by molar-refractivity contribution is 0.125. The summed E-state index contributed by atoms with van der Waals surface area (Å²) in [5, 5.41) is 0. The molecule has 154 valence electrons. The third kappa shape index (κ3) is 6.62. The van der Waals surface area contributed by atoms with E-state index in [-0.39, 0.29) is 0 Å². The molecule has 2 fully saturated rings. The third-order valence-electron chi connectivity index (χ3n) is 7.24. The summed E-state index contributed by atoms with van der Waals surface area (Å²) in [4.78, 5) is 0. The first kappa shape index (κ1) is 21.4. The van der Waals surface area contributed by atoms with Gasteiger partial charge in [-0.1, -0.05) is 49.3 Å². The van der Waals surface area contributed by atoms with E-state index < -0.39 is 0 Å². The fourth-order valence-electron chi connectivity index (χ4n) is 5.21. The van der Waals surface area contributed by atoms with E-state index in [1.807, 2.05) is 6.08 Å². The molecule has 0 bridgehead atoms. The van der Waals surface area contributed by atoms with E-state index in [0.29, 0.717) is 0 Å². The molecule has 0 unspecified atom stereocenters. The lowest BCUT2D eigenvalue weighted by Crippen LogP contribution is -2.17. The smallest absolute Gasteiger partial charge is 0.0717 e. The minimum atomic E-state index is 0.718. The van der Waals surface area contributed by atoms with E-state index in [0.717, 1.165) is 43.3 Å². The summed E-state index contributed by atoms with van der Waals surface area (Å²) in [6.07, 6.45) is 19.2. The van der Waals surface area contributed by atoms with Crippen molar-refractivity contribution in [1.29, 1.82) is 0 Å². The highest BCUT2D eigenvalue weighted by Gasteiger charge is 2.24. The molecule has 0 N–H and O–H groups in total. The number of hydrogen-bond acceptors (Lipinski definition) is 1. The molecule has 0 radical (unpaired) electrons. The molecule has 0 heterocycles. The summed E-state index contributed by atoms with van der Waals surface area (Å²) in [6.45, 7) is 9.19. The average molecular weight is 381 g/mol. The highest BCUT2D eigenvalue weighted by Crippen LogP contribution is 2.39. The highest BCUT2D eigenvalue weighted by atomic mass is 16.5. The molecule has 1 aromatic rings. The van der Waals surface area contributed by atoms with E-state index in [2.05, 4.69) is 43.5 Å². The maximum atomic E-state index is 5.67. The van der Waals surface area contributed by atoms with Crippen molar-refractivity contribution >= 4 is 0 Å². The van der Waals surface area contributed by atoms with Crippen LogP contribution in [0.15, 0.2) is 49.6 Å². The number of hydrogen-bond donors (Lipinski definition) is 0. The molecule has 0 aromatic heterocycles. The number of ether oxygens (including phenoxy) is 1. The maximum absolute atomic E-state index is 5.67. The predicted octanol–water partition coefficient (Wildman–Crippen LogP) is 7.83. The van der Waals surface area contributed by atoms with Gasteiger partial charge in [0.05, 0.1) is 13.2 Å². The van der Waals surface area contributed by atoms with Crippen LogP contribution in [-0.4, -0.2) is 6.61 Å². The van der Waals surface area contributed by atoms with Crippen molar-refractivity contribution < 1.29 is 4.74 Å². The van der Waals surface area contributed by atoms with Gasteiger partial charge in [-0.15, -0.1) is 13.2 Å². The molecular formula is C27H40O. The van der Waals surface area contributed by atoms with Crippen LogP contribution in [0.4, 0.5) is 0 Å². The Labute approximate surface area is 173 Å². The highest BCUT2D eigenvalue weighted by molar-refractivity contribution is 5.25. The molecular weight excluding hydrogens is 340 g/mol. The fourth-order valence-corrected chi connectivity index (χ4v) is 5.21. The molecule has 0 aliphatic heterocycles. The first-order valence-corrected chi connectivity index (χ1v) is 11.7. The quantitative estimate of drug-likeness (QED) is 0.297. The lowest BCUT2D eigenvalue weighted by Gasteiger charge is -2.31. The van der Waals surface area contributed by atoms with E-state index in [1.165, 1.54) is 75.3 Å². The number of rotatable bonds is 10. The summed E-state index contributed by atoms with van der Waals surface area (Å²) in [6, 6.07) is 9.20. The Kier molecular flexibility index (Phi) is 8.86. The Morgan fingerprint density at radius 2 is 1.43 bits per heavy atom. The Balaban J connectivity index is 1.34. The minimum absolute atomic E-state index is 0.718. The molecule has 0 atom stereocenters. The summed E-state index contributed by atoms with van der Waals surface area (Å²) in [7, 11) is 0. The zero-order valence-corrected chi connectivity index (χ0v) is 17.8. The molecule has 0 spiro atoms. The van der Waals surface area contributed by atoms with Gasteiger partial charge in [0.2, 0.25) is 0 Å². The van der Waals surface area contributed by atoms with Crippen LogP contribution in [-0.2, 0) is 11.3 Å². The topological polar surface area (TPSA) is 9.23 Å². The molecule has 2 aliphatic rings. The van der Waals surface area contributed by atoms with Gasteiger partial charge in [0.1, 0.15) is 0 Å². The summed E-state index contributed by atoms with van der Waals surface area (Å²) < 4.78 is 5.67. The molecule has 2 saturated carbocycles. The van der Waals surface area contributed by atoms with Gasteiger partial charge in [0.15, 0.2) is 0 Å². The van der Waals surface area contributed by atoms with Crippen molar-refractivity contribution in [1.82, 2.24) is 0 Å². The standard InChI is InChI=1S/C27H40O/c1-3-5-20-28-21-25-14-18-27(19-15-25)26-16-12-24(13-17-26)11-10-23-8-6-22(4-2)7-9-23/h3-4,14-15,18-19,22-24,26H,1-2,5-13,16-17,20-21H2/t22-,23-,24-,26-. The average Bonchev–Trinajstić information content (AvgIpc) is 2.76.